The number of halogens is 6. The highest BCUT2D eigenvalue weighted by Crippen LogP contribution is 2.58. The summed E-state index contributed by atoms with van der Waals surface area (Å²) in [5.41, 5.74) is 0. The second-order valence-electron chi connectivity index (χ2n) is 3.81. The quantitative estimate of drug-likeness (QED) is 0.286. The number of hydrogen-bond acceptors (Lipinski definition) is 2. The van der Waals surface area contributed by atoms with E-state index < -0.39 is 0 Å². The molecule has 0 atom stereocenters. The van der Waals surface area contributed by atoms with Gasteiger partial charge in [0.25, 0.3) is 0 Å². The van der Waals surface area contributed by atoms with Crippen LogP contribution in [0.4, 0.5) is 0 Å². The predicted molar refractivity (Wildman–Crippen MR) is 83.1 cm³/mol. The standard InChI is InChI=1S/C12H2Cl6O2/c13-3-1-2-4-10(5(3)14)20-12-9(18)7(16)6(15)8(17)11(12)19-4/h1-2H/i1+1,2+1,3+1,4+1,5+1,6+1,7+1,8+1,9+1,10+1,11+1,12+1. The maximum Gasteiger partial charge on any atom is 0.191 e. The summed E-state index contributed by atoms with van der Waals surface area (Å²) in [6.07, 6.45) is 0. The fourth-order valence-electron chi connectivity index (χ4n) is 1.68. The molecule has 0 saturated heterocycles. The normalized spacial score (nSPS) is 12.3. The van der Waals surface area contributed by atoms with Crippen LogP contribution >= 0.6 is 69.6 Å². The van der Waals surface area contributed by atoms with Crippen LogP contribution in [0.1, 0.15) is 0 Å². The van der Waals surface area contributed by atoms with Crippen LogP contribution in [0.2, 0.25) is 30.1 Å². The van der Waals surface area contributed by atoms with Crippen molar-refractivity contribution in [1.29, 1.82) is 0 Å². The van der Waals surface area contributed by atoms with Gasteiger partial charge in [-0.05, 0) is 12.1 Å². The first-order valence-corrected chi connectivity index (χ1v) is 7.38. The van der Waals surface area contributed by atoms with Gasteiger partial charge in [0, 0.05) is 0 Å². The fourth-order valence-corrected chi connectivity index (χ4v) is 2.91. The minimum atomic E-state index is 0.0716. The summed E-state index contributed by atoms with van der Waals surface area (Å²) >= 11 is 36.1. The van der Waals surface area contributed by atoms with Gasteiger partial charge in [-0.15, -0.1) is 0 Å². The summed E-state index contributed by atoms with van der Waals surface area (Å²) in [6, 6.07) is 3.17. The number of rotatable bonds is 0. The number of benzene rings is 2. The Morgan fingerprint density at radius 3 is 1.70 bits per heavy atom. The van der Waals surface area contributed by atoms with Gasteiger partial charge in [-0.2, -0.15) is 0 Å². The molecular formula is C12H2Cl6O2. The second kappa shape index (κ2) is 5.20. The zero-order chi connectivity index (χ0) is 14.6. The minimum Gasteiger partial charge on any atom is -0.448 e. The van der Waals surface area contributed by atoms with E-state index in [1.807, 2.05) is 0 Å². The van der Waals surface area contributed by atoms with E-state index in [-0.39, 0.29) is 42.4 Å². The summed E-state index contributed by atoms with van der Waals surface area (Å²) in [5.74, 6) is 0.908. The van der Waals surface area contributed by atoms with E-state index in [1.165, 1.54) is 0 Å². The molecule has 0 aromatic heterocycles. The SMILES string of the molecule is Cl[13c]1[13cH][13cH][13c]2[13c]([13c]1Cl)O[13c]1[13c](Cl)[13c](Cl)[13c](Cl)[13c](Cl)[13c]1O2. The number of hydrogen-bond donors (Lipinski definition) is 0. The first-order chi connectivity index (χ1) is 9.41. The largest absolute Gasteiger partial charge is 0.448 e. The number of fused-ring (bicyclic) bond motifs is 2. The molecule has 2 nitrogen and oxygen atoms in total. The Kier molecular flexibility index (Phi) is 3.83. The summed E-state index contributed by atoms with van der Waals surface area (Å²) in [6.45, 7) is 0. The van der Waals surface area contributed by atoms with Crippen LogP contribution in [0, 0.1) is 0 Å². The Morgan fingerprint density at radius 2 is 1.10 bits per heavy atom. The van der Waals surface area contributed by atoms with Gasteiger partial charge in [0.15, 0.2) is 23.0 Å². The fraction of sp³-hybridized carbons (Fsp3) is 0. The van der Waals surface area contributed by atoms with Crippen LogP contribution < -0.4 is 9.47 Å². The summed E-state index contributed by atoms with van der Waals surface area (Å²) < 4.78 is 11.3. The Hall–Kier alpha value is -0.220. The Bertz CT molecular complexity index is 744. The van der Waals surface area contributed by atoms with E-state index in [4.69, 9.17) is 79.1 Å². The van der Waals surface area contributed by atoms with Crippen molar-refractivity contribution < 1.29 is 9.47 Å². The average Bonchev–Trinajstić information content (AvgIpc) is 2.45. The van der Waals surface area contributed by atoms with Crippen LogP contribution in [-0.4, -0.2) is 0 Å². The van der Waals surface area contributed by atoms with E-state index in [2.05, 4.69) is 0 Å². The molecule has 1 aliphatic heterocycles. The lowest BCUT2D eigenvalue weighted by Gasteiger charge is -2.24. The highest BCUT2D eigenvalue weighted by Gasteiger charge is 2.30. The maximum atomic E-state index is 6.09. The Balaban J connectivity index is 2.26. The summed E-state index contributed by atoms with van der Waals surface area (Å²) in [5, 5.41) is 0.866. The van der Waals surface area contributed by atoms with E-state index >= 15 is 0 Å². The van der Waals surface area contributed by atoms with Gasteiger partial charge in [-0.25, -0.2) is 0 Å². The van der Waals surface area contributed by atoms with Crippen LogP contribution in [0.15, 0.2) is 12.1 Å². The zero-order valence-corrected chi connectivity index (χ0v) is 13.8. The third-order valence-electron chi connectivity index (χ3n) is 2.61. The van der Waals surface area contributed by atoms with Gasteiger partial charge < -0.3 is 9.47 Å². The van der Waals surface area contributed by atoms with Crippen molar-refractivity contribution in [2.24, 2.45) is 0 Å². The molecule has 1 aliphatic rings. The molecule has 0 bridgehead atoms. The molecule has 104 valence electrons. The molecule has 0 aliphatic carbocycles. The number of ether oxygens (including phenoxy) is 2. The van der Waals surface area contributed by atoms with Crippen LogP contribution in [0.5, 0.6) is 23.0 Å². The molecule has 0 N–H and O–H groups in total. The minimum absolute atomic E-state index is 0.0716. The summed E-state index contributed by atoms with van der Waals surface area (Å²) in [4.78, 5) is 0. The lowest BCUT2D eigenvalue weighted by molar-refractivity contribution is 0.360. The Morgan fingerprint density at radius 1 is 0.550 bits per heavy atom. The van der Waals surface area contributed by atoms with Crippen molar-refractivity contribution in [2.75, 3.05) is 0 Å². The monoisotopic (exact) mass is 400 g/mol. The topological polar surface area (TPSA) is 18.5 Å². The first kappa shape index (κ1) is 14.7. The smallest absolute Gasteiger partial charge is 0.191 e. The van der Waals surface area contributed by atoms with Crippen molar-refractivity contribution in [3.05, 3.63) is 42.3 Å². The highest BCUT2D eigenvalue weighted by atomic mass is 35.5. The zero-order valence-electron chi connectivity index (χ0n) is 9.24. The molecule has 0 amide bonds. The molecule has 0 saturated carbocycles. The van der Waals surface area contributed by atoms with Crippen molar-refractivity contribution >= 4 is 69.6 Å². The van der Waals surface area contributed by atoms with Gasteiger partial charge in [0.1, 0.15) is 15.1 Å². The molecule has 0 fully saturated rings. The third-order valence-corrected chi connectivity index (χ3v) is 5.17. The van der Waals surface area contributed by atoms with Crippen molar-refractivity contribution in [1.82, 2.24) is 0 Å². The van der Waals surface area contributed by atoms with Gasteiger partial charge in [0.2, 0.25) is 0 Å². The molecule has 0 unspecified atom stereocenters. The molecule has 20 heavy (non-hydrogen) atoms. The maximum absolute atomic E-state index is 6.09. The Labute approximate surface area is 144 Å². The molecule has 0 radical (unpaired) electrons. The van der Waals surface area contributed by atoms with Crippen molar-refractivity contribution in [3.8, 4) is 23.0 Å². The molecule has 3 rings (SSSR count). The van der Waals surface area contributed by atoms with Gasteiger partial charge in [0.05, 0.1) is 15.1 Å². The van der Waals surface area contributed by atoms with E-state index in [1.54, 1.807) is 12.1 Å². The lowest BCUT2D eigenvalue weighted by atomic mass is 11.2. The molecule has 2 aromatic carbocycles. The van der Waals surface area contributed by atoms with E-state index in [9.17, 15) is 0 Å². The molecule has 2 aromatic rings. The molecule has 1 heterocycles. The van der Waals surface area contributed by atoms with Crippen LogP contribution in [0.25, 0.3) is 0 Å². The first-order valence-electron chi connectivity index (χ1n) is 5.11. The van der Waals surface area contributed by atoms with E-state index in [0.717, 1.165) is 0 Å². The molecular weight excluding hydrogens is 401 g/mol. The summed E-state index contributed by atoms with van der Waals surface area (Å²) in [7, 11) is 0. The van der Waals surface area contributed by atoms with E-state index in [0.29, 0.717) is 10.8 Å². The molecule has 8 heteroatoms. The average molecular weight is 403 g/mol. The van der Waals surface area contributed by atoms with Gasteiger partial charge in [-0.3, -0.25) is 0 Å². The van der Waals surface area contributed by atoms with Gasteiger partial charge >= 0.3 is 0 Å². The van der Waals surface area contributed by atoms with Crippen LogP contribution in [0.3, 0.4) is 0 Å². The van der Waals surface area contributed by atoms with Crippen LogP contribution in [-0.2, 0) is 0 Å². The van der Waals surface area contributed by atoms with Crippen molar-refractivity contribution in [2.45, 2.75) is 0 Å². The van der Waals surface area contributed by atoms with Gasteiger partial charge in [-0.1, -0.05) is 69.6 Å². The second-order valence-corrected chi connectivity index (χ2v) is 6.10. The highest BCUT2D eigenvalue weighted by molar-refractivity contribution is 6.53. The third kappa shape index (κ3) is 2.10. The van der Waals surface area contributed by atoms with Crippen molar-refractivity contribution in [3.63, 3.8) is 0 Å². The predicted octanol–water partition coefficient (Wildman–Crippen LogP) is 7.50. The lowest BCUT2D eigenvalue weighted by Crippen LogP contribution is -2.01. The molecule has 0 spiro atoms.